The standard InChI is InChI=1S/C18H21N3O3.C11H21NO/c1-12-16(15(4-3-7-22)18(24)19-2)9-14-6-5-13(10-20-11-23)8-17(14)21-12;1-9(13)12-7-5-10(6-8-12)11(2,3)4/h5-9,11,15H,3-4,10H2,1-2H3,(H,19,24)(H,20,23);10H,5-8H2,1-4H3. The van der Waals surface area contributed by atoms with Gasteiger partial charge in [-0.05, 0) is 60.8 Å². The Kier molecular flexibility index (Phi) is 11.2. The van der Waals surface area contributed by atoms with E-state index in [1.54, 1.807) is 14.0 Å². The monoisotopic (exact) mass is 510 g/mol. The summed E-state index contributed by atoms with van der Waals surface area (Å²) in [5.74, 6) is 0.497. The van der Waals surface area contributed by atoms with Gasteiger partial charge in [0.2, 0.25) is 18.2 Å². The van der Waals surface area contributed by atoms with Crippen LogP contribution in [0.3, 0.4) is 0 Å². The summed E-state index contributed by atoms with van der Waals surface area (Å²) >= 11 is 0. The third-order valence-electron chi connectivity index (χ3n) is 7.18. The first kappa shape index (κ1) is 29.9. The highest BCUT2D eigenvalue weighted by Gasteiger charge is 2.29. The predicted octanol–water partition coefficient (Wildman–Crippen LogP) is 3.89. The highest BCUT2D eigenvalue weighted by atomic mass is 16.2. The predicted molar refractivity (Wildman–Crippen MR) is 146 cm³/mol. The van der Waals surface area contributed by atoms with Crippen molar-refractivity contribution in [3.8, 4) is 0 Å². The summed E-state index contributed by atoms with van der Waals surface area (Å²) in [6.45, 7) is 12.8. The minimum Gasteiger partial charge on any atom is -0.359 e. The zero-order valence-corrected chi connectivity index (χ0v) is 23.1. The first-order valence-corrected chi connectivity index (χ1v) is 13.0. The maximum Gasteiger partial charge on any atom is 0.227 e. The van der Waals surface area contributed by atoms with E-state index in [4.69, 9.17) is 0 Å². The zero-order chi connectivity index (χ0) is 27.6. The second kappa shape index (κ2) is 13.9. The van der Waals surface area contributed by atoms with E-state index in [2.05, 4.69) is 36.4 Å². The molecule has 1 atom stereocenters. The van der Waals surface area contributed by atoms with E-state index in [0.29, 0.717) is 31.2 Å². The van der Waals surface area contributed by atoms with Crippen molar-refractivity contribution in [3.63, 3.8) is 0 Å². The van der Waals surface area contributed by atoms with Gasteiger partial charge >= 0.3 is 0 Å². The molecule has 3 amide bonds. The number of piperidine rings is 1. The number of aromatic nitrogens is 1. The van der Waals surface area contributed by atoms with Crippen LogP contribution in [0.5, 0.6) is 0 Å². The number of pyridine rings is 1. The van der Waals surface area contributed by atoms with Crippen LogP contribution in [0.15, 0.2) is 24.3 Å². The molecule has 1 fully saturated rings. The largest absolute Gasteiger partial charge is 0.359 e. The SMILES string of the molecule is CC(=O)N1CCC(C(C)(C)C)CC1.CNC(=O)C(CCC=O)c1cc2ccc(CNC=O)cc2nc1C. The van der Waals surface area contributed by atoms with Gasteiger partial charge in [0.05, 0.1) is 11.4 Å². The lowest BCUT2D eigenvalue weighted by Gasteiger charge is -2.38. The molecule has 1 aliphatic rings. The molecule has 3 rings (SSSR count). The molecule has 37 heavy (non-hydrogen) atoms. The van der Waals surface area contributed by atoms with Gasteiger partial charge in [-0.3, -0.25) is 19.4 Å². The second-order valence-electron chi connectivity index (χ2n) is 10.7. The van der Waals surface area contributed by atoms with Crippen LogP contribution in [0.2, 0.25) is 0 Å². The van der Waals surface area contributed by atoms with E-state index in [1.165, 1.54) is 12.8 Å². The molecule has 0 bridgehead atoms. The van der Waals surface area contributed by atoms with Crippen LogP contribution in [0.4, 0.5) is 0 Å². The minimum absolute atomic E-state index is 0.118. The molecule has 1 saturated heterocycles. The van der Waals surface area contributed by atoms with Crippen molar-refractivity contribution in [3.05, 3.63) is 41.1 Å². The molecule has 0 radical (unpaired) electrons. The molecule has 0 spiro atoms. The molecule has 1 unspecified atom stereocenters. The van der Waals surface area contributed by atoms with Crippen molar-refractivity contribution in [2.45, 2.75) is 72.8 Å². The van der Waals surface area contributed by atoms with Crippen LogP contribution in [0.1, 0.15) is 76.1 Å². The van der Waals surface area contributed by atoms with Crippen LogP contribution < -0.4 is 10.6 Å². The van der Waals surface area contributed by atoms with E-state index < -0.39 is 5.92 Å². The van der Waals surface area contributed by atoms with Gasteiger partial charge in [0, 0.05) is 51.1 Å². The number of likely N-dealkylation sites (N-methyl/N-ethyl adjacent to an activating group) is 1. The molecule has 2 N–H and O–H groups in total. The smallest absolute Gasteiger partial charge is 0.227 e. The number of carbonyl (C=O) groups excluding carboxylic acids is 4. The Hall–Kier alpha value is -3.29. The number of rotatable bonds is 8. The third-order valence-corrected chi connectivity index (χ3v) is 7.18. The van der Waals surface area contributed by atoms with E-state index in [0.717, 1.165) is 53.0 Å². The van der Waals surface area contributed by atoms with Crippen molar-refractivity contribution >= 4 is 35.4 Å². The molecule has 1 aromatic heterocycles. The number of fused-ring (bicyclic) bond motifs is 1. The lowest BCUT2D eigenvalue weighted by atomic mass is 9.75. The summed E-state index contributed by atoms with van der Waals surface area (Å²) in [7, 11) is 1.59. The highest BCUT2D eigenvalue weighted by molar-refractivity contribution is 5.87. The first-order valence-electron chi connectivity index (χ1n) is 13.0. The van der Waals surface area contributed by atoms with Gasteiger partial charge in [-0.1, -0.05) is 32.9 Å². The van der Waals surface area contributed by atoms with Crippen LogP contribution in [-0.4, -0.2) is 54.5 Å². The van der Waals surface area contributed by atoms with Gasteiger partial charge in [-0.15, -0.1) is 0 Å². The van der Waals surface area contributed by atoms with E-state index >= 15 is 0 Å². The Labute approximate surface area is 220 Å². The maximum absolute atomic E-state index is 12.2. The van der Waals surface area contributed by atoms with E-state index in [1.807, 2.05) is 36.1 Å². The van der Waals surface area contributed by atoms with Crippen LogP contribution >= 0.6 is 0 Å². The van der Waals surface area contributed by atoms with Crippen molar-refractivity contribution in [1.82, 2.24) is 20.5 Å². The normalized spacial score (nSPS) is 14.8. The van der Waals surface area contributed by atoms with E-state index in [9.17, 15) is 19.2 Å². The molecule has 1 aliphatic heterocycles. The molecule has 0 aliphatic carbocycles. The minimum atomic E-state index is -0.395. The zero-order valence-electron chi connectivity index (χ0n) is 23.1. The van der Waals surface area contributed by atoms with Gasteiger partial charge < -0.3 is 20.3 Å². The Morgan fingerprint density at radius 3 is 2.38 bits per heavy atom. The van der Waals surface area contributed by atoms with Crippen LogP contribution in [0, 0.1) is 18.3 Å². The van der Waals surface area contributed by atoms with Gasteiger partial charge in [0.25, 0.3) is 0 Å². The average molecular weight is 511 g/mol. The summed E-state index contributed by atoms with van der Waals surface area (Å²) in [5.41, 5.74) is 3.78. The topological polar surface area (TPSA) is 108 Å². The molecular weight excluding hydrogens is 468 g/mol. The fourth-order valence-corrected chi connectivity index (χ4v) is 4.84. The number of aldehydes is 1. The number of likely N-dealkylation sites (tertiary alicyclic amines) is 1. The number of nitrogens with one attached hydrogen (secondary N) is 2. The number of carbonyl (C=O) groups is 4. The molecular formula is C29H42N4O4. The Morgan fingerprint density at radius 1 is 1.16 bits per heavy atom. The molecule has 202 valence electrons. The molecule has 0 saturated carbocycles. The Balaban J connectivity index is 0.000000312. The number of benzene rings is 1. The average Bonchev–Trinajstić information content (AvgIpc) is 2.87. The van der Waals surface area contributed by atoms with Crippen LogP contribution in [0.25, 0.3) is 10.9 Å². The van der Waals surface area contributed by atoms with Gasteiger partial charge in [0.1, 0.15) is 6.29 Å². The number of nitrogens with zero attached hydrogens (tertiary/aromatic N) is 2. The Bertz CT molecular complexity index is 1090. The van der Waals surface area contributed by atoms with Crippen molar-refractivity contribution in [2.75, 3.05) is 20.1 Å². The Morgan fingerprint density at radius 2 is 1.84 bits per heavy atom. The summed E-state index contributed by atoms with van der Waals surface area (Å²) in [4.78, 5) is 50.9. The summed E-state index contributed by atoms with van der Waals surface area (Å²) in [6, 6.07) is 7.72. The summed E-state index contributed by atoms with van der Waals surface area (Å²) in [6.07, 6.45) is 4.61. The molecule has 1 aromatic carbocycles. The third kappa shape index (κ3) is 8.65. The maximum atomic E-state index is 12.2. The molecule has 2 heterocycles. The quantitative estimate of drug-likeness (QED) is 0.524. The van der Waals surface area contributed by atoms with E-state index in [-0.39, 0.29) is 11.8 Å². The second-order valence-corrected chi connectivity index (χ2v) is 10.7. The van der Waals surface area contributed by atoms with Crippen molar-refractivity contribution < 1.29 is 19.2 Å². The van der Waals surface area contributed by atoms with Gasteiger partial charge in [-0.25, -0.2) is 0 Å². The lowest BCUT2D eigenvalue weighted by molar-refractivity contribution is -0.130. The molecule has 2 aromatic rings. The number of hydrogen-bond acceptors (Lipinski definition) is 5. The molecule has 8 nitrogen and oxygen atoms in total. The summed E-state index contributed by atoms with van der Waals surface area (Å²) in [5, 5.41) is 6.20. The van der Waals surface area contributed by atoms with Gasteiger partial charge in [-0.2, -0.15) is 0 Å². The number of amides is 3. The van der Waals surface area contributed by atoms with Crippen LogP contribution in [-0.2, 0) is 25.7 Å². The van der Waals surface area contributed by atoms with Gasteiger partial charge in [0.15, 0.2) is 0 Å². The highest BCUT2D eigenvalue weighted by Crippen LogP contribution is 2.34. The number of aryl methyl sites for hydroxylation is 1. The van der Waals surface area contributed by atoms with Crippen molar-refractivity contribution in [2.24, 2.45) is 11.3 Å². The lowest BCUT2D eigenvalue weighted by Crippen LogP contribution is -2.40. The van der Waals surface area contributed by atoms with Crippen molar-refractivity contribution in [1.29, 1.82) is 0 Å². The fraction of sp³-hybridized carbons (Fsp3) is 0.552. The fourth-order valence-electron chi connectivity index (χ4n) is 4.84. The number of hydrogen-bond donors (Lipinski definition) is 2. The molecule has 8 heteroatoms. The first-order chi connectivity index (χ1) is 17.5. The summed E-state index contributed by atoms with van der Waals surface area (Å²) < 4.78 is 0.